The van der Waals surface area contributed by atoms with Gasteiger partial charge in [-0.2, -0.15) is 0 Å². The van der Waals surface area contributed by atoms with Crippen molar-refractivity contribution in [2.75, 3.05) is 19.6 Å². The summed E-state index contributed by atoms with van der Waals surface area (Å²) >= 11 is 0. The molecule has 3 nitrogen and oxygen atoms in total. The van der Waals surface area contributed by atoms with Crippen LogP contribution in [0.5, 0.6) is 0 Å². The first kappa shape index (κ1) is 14.1. The fourth-order valence-electron chi connectivity index (χ4n) is 2.58. The van der Waals surface area contributed by atoms with Crippen molar-refractivity contribution in [2.45, 2.75) is 32.1 Å². The van der Waals surface area contributed by atoms with Crippen LogP contribution < -0.4 is 10.6 Å². The summed E-state index contributed by atoms with van der Waals surface area (Å²) in [5, 5.41) is 6.35. The van der Waals surface area contributed by atoms with E-state index in [1.807, 2.05) is 6.07 Å². The van der Waals surface area contributed by atoms with E-state index in [0.717, 1.165) is 38.9 Å². The molecule has 2 rings (SSSR count). The molecule has 0 saturated carbocycles. The number of hydrogen-bond acceptors (Lipinski definition) is 2. The third-order valence-electron chi connectivity index (χ3n) is 3.91. The molecule has 1 aromatic rings. The van der Waals surface area contributed by atoms with E-state index < -0.39 is 0 Å². The Kier molecular flexibility index (Phi) is 5.40. The molecule has 2 atom stereocenters. The van der Waals surface area contributed by atoms with E-state index in [9.17, 15) is 4.79 Å². The highest BCUT2D eigenvalue weighted by molar-refractivity contribution is 5.78. The van der Waals surface area contributed by atoms with E-state index in [4.69, 9.17) is 0 Å². The number of rotatable bonds is 5. The van der Waals surface area contributed by atoms with Crippen LogP contribution in [-0.2, 0) is 4.79 Å². The van der Waals surface area contributed by atoms with E-state index in [-0.39, 0.29) is 11.8 Å². The van der Waals surface area contributed by atoms with E-state index >= 15 is 0 Å². The van der Waals surface area contributed by atoms with Gasteiger partial charge in [0.1, 0.15) is 0 Å². The van der Waals surface area contributed by atoms with Crippen LogP contribution in [0.1, 0.15) is 37.7 Å². The second-order valence-electron chi connectivity index (χ2n) is 5.43. The number of amides is 1. The molecule has 1 aliphatic heterocycles. The van der Waals surface area contributed by atoms with E-state index in [1.54, 1.807) is 0 Å². The average Bonchev–Trinajstić information content (AvgIpc) is 2.49. The Hall–Kier alpha value is -1.35. The van der Waals surface area contributed by atoms with E-state index in [2.05, 4.69) is 41.8 Å². The molecule has 1 amide bonds. The van der Waals surface area contributed by atoms with Crippen LogP contribution in [0, 0.1) is 5.92 Å². The average molecular weight is 260 g/mol. The largest absolute Gasteiger partial charge is 0.356 e. The molecule has 0 radical (unpaired) electrons. The Morgan fingerprint density at radius 3 is 2.89 bits per heavy atom. The van der Waals surface area contributed by atoms with Crippen LogP contribution >= 0.6 is 0 Å². The standard InChI is InChI=1S/C16H24N2O/c1-13(14-6-3-2-4-7-14)9-11-18-16(19)15-8-5-10-17-12-15/h2-4,6-7,13,15,17H,5,8-12H2,1H3,(H,18,19). The van der Waals surface area contributed by atoms with Crippen molar-refractivity contribution < 1.29 is 4.79 Å². The number of piperidine rings is 1. The van der Waals surface area contributed by atoms with Gasteiger partial charge in [-0.1, -0.05) is 37.3 Å². The zero-order valence-electron chi connectivity index (χ0n) is 11.7. The van der Waals surface area contributed by atoms with Crippen molar-refractivity contribution in [1.29, 1.82) is 0 Å². The number of nitrogens with one attached hydrogen (secondary N) is 2. The van der Waals surface area contributed by atoms with Gasteiger partial charge >= 0.3 is 0 Å². The maximum atomic E-state index is 12.0. The minimum absolute atomic E-state index is 0.167. The Labute approximate surface area is 115 Å². The lowest BCUT2D eigenvalue weighted by Crippen LogP contribution is -2.40. The number of benzene rings is 1. The summed E-state index contributed by atoms with van der Waals surface area (Å²) in [5.74, 6) is 0.874. The van der Waals surface area contributed by atoms with E-state index in [1.165, 1.54) is 5.56 Å². The second kappa shape index (κ2) is 7.29. The summed E-state index contributed by atoms with van der Waals surface area (Å²) in [6.07, 6.45) is 3.13. The first-order chi connectivity index (χ1) is 9.27. The quantitative estimate of drug-likeness (QED) is 0.853. The maximum absolute atomic E-state index is 12.0. The van der Waals surface area contributed by atoms with Crippen molar-refractivity contribution >= 4 is 5.91 Å². The number of carbonyl (C=O) groups is 1. The van der Waals surface area contributed by atoms with Gasteiger partial charge in [-0.25, -0.2) is 0 Å². The molecule has 3 heteroatoms. The predicted octanol–water partition coefficient (Wildman–Crippen LogP) is 2.30. The summed E-state index contributed by atoms with van der Waals surface area (Å²) in [6.45, 7) is 4.87. The first-order valence-electron chi connectivity index (χ1n) is 7.30. The summed E-state index contributed by atoms with van der Waals surface area (Å²) in [7, 11) is 0. The Bertz CT molecular complexity index is 385. The molecule has 104 valence electrons. The van der Waals surface area contributed by atoms with E-state index in [0.29, 0.717) is 5.92 Å². The highest BCUT2D eigenvalue weighted by Gasteiger charge is 2.20. The number of hydrogen-bond donors (Lipinski definition) is 2. The molecule has 0 aliphatic carbocycles. The van der Waals surface area contributed by atoms with Crippen LogP contribution in [0.25, 0.3) is 0 Å². The number of carbonyl (C=O) groups excluding carboxylic acids is 1. The van der Waals surface area contributed by atoms with Gasteiger partial charge < -0.3 is 10.6 Å². The van der Waals surface area contributed by atoms with Crippen LogP contribution in [0.15, 0.2) is 30.3 Å². The topological polar surface area (TPSA) is 41.1 Å². The molecule has 19 heavy (non-hydrogen) atoms. The second-order valence-corrected chi connectivity index (χ2v) is 5.43. The Morgan fingerprint density at radius 2 is 2.21 bits per heavy atom. The summed E-state index contributed by atoms with van der Waals surface area (Å²) in [6, 6.07) is 10.5. The summed E-state index contributed by atoms with van der Waals surface area (Å²) < 4.78 is 0. The van der Waals surface area contributed by atoms with Crippen molar-refractivity contribution in [3.05, 3.63) is 35.9 Å². The van der Waals surface area contributed by atoms with Gasteiger partial charge in [-0.15, -0.1) is 0 Å². The molecule has 2 N–H and O–H groups in total. The van der Waals surface area contributed by atoms with Crippen molar-refractivity contribution in [1.82, 2.24) is 10.6 Å². The van der Waals surface area contributed by atoms with Crippen LogP contribution in [0.2, 0.25) is 0 Å². The van der Waals surface area contributed by atoms with Gasteiger partial charge in [-0.05, 0) is 37.3 Å². The van der Waals surface area contributed by atoms with Crippen molar-refractivity contribution in [2.24, 2.45) is 5.92 Å². The summed E-state index contributed by atoms with van der Waals surface area (Å²) in [4.78, 5) is 12.0. The maximum Gasteiger partial charge on any atom is 0.224 e. The molecule has 2 unspecified atom stereocenters. The Balaban J connectivity index is 1.69. The minimum atomic E-state index is 0.167. The molecule has 0 bridgehead atoms. The minimum Gasteiger partial charge on any atom is -0.356 e. The normalized spacial score (nSPS) is 20.8. The zero-order chi connectivity index (χ0) is 13.5. The van der Waals surface area contributed by atoms with Crippen molar-refractivity contribution in [3.63, 3.8) is 0 Å². The molecule has 0 spiro atoms. The zero-order valence-corrected chi connectivity index (χ0v) is 11.7. The predicted molar refractivity (Wildman–Crippen MR) is 78.1 cm³/mol. The van der Waals surface area contributed by atoms with Gasteiger partial charge in [0.05, 0.1) is 5.92 Å². The van der Waals surface area contributed by atoms with Crippen LogP contribution in [-0.4, -0.2) is 25.5 Å². The highest BCUT2D eigenvalue weighted by Crippen LogP contribution is 2.17. The molecular formula is C16H24N2O. The molecule has 1 aliphatic rings. The SMILES string of the molecule is CC(CCNC(=O)C1CCCNC1)c1ccccc1. The van der Waals surface area contributed by atoms with Gasteiger partial charge in [0.2, 0.25) is 5.91 Å². The third kappa shape index (κ3) is 4.35. The lowest BCUT2D eigenvalue weighted by Gasteiger charge is -2.22. The fraction of sp³-hybridized carbons (Fsp3) is 0.562. The smallest absolute Gasteiger partial charge is 0.224 e. The fourth-order valence-corrected chi connectivity index (χ4v) is 2.58. The van der Waals surface area contributed by atoms with Gasteiger partial charge in [0.25, 0.3) is 0 Å². The molecule has 0 aromatic heterocycles. The van der Waals surface area contributed by atoms with Gasteiger partial charge in [0.15, 0.2) is 0 Å². The van der Waals surface area contributed by atoms with Crippen LogP contribution in [0.4, 0.5) is 0 Å². The molecule has 1 aromatic carbocycles. The third-order valence-corrected chi connectivity index (χ3v) is 3.91. The molecule has 1 fully saturated rings. The lowest BCUT2D eigenvalue weighted by atomic mass is 9.97. The van der Waals surface area contributed by atoms with Crippen LogP contribution in [0.3, 0.4) is 0 Å². The summed E-state index contributed by atoms with van der Waals surface area (Å²) in [5.41, 5.74) is 1.34. The van der Waals surface area contributed by atoms with Gasteiger partial charge in [-0.3, -0.25) is 4.79 Å². The molecule has 1 saturated heterocycles. The Morgan fingerprint density at radius 1 is 1.42 bits per heavy atom. The highest BCUT2D eigenvalue weighted by atomic mass is 16.1. The molecular weight excluding hydrogens is 236 g/mol. The van der Waals surface area contributed by atoms with Gasteiger partial charge in [0, 0.05) is 13.1 Å². The molecule has 1 heterocycles. The monoisotopic (exact) mass is 260 g/mol. The first-order valence-corrected chi connectivity index (χ1v) is 7.30. The van der Waals surface area contributed by atoms with Crippen molar-refractivity contribution in [3.8, 4) is 0 Å². The lowest BCUT2D eigenvalue weighted by molar-refractivity contribution is -0.125.